The van der Waals surface area contributed by atoms with Crippen molar-refractivity contribution in [2.24, 2.45) is 0 Å². The molecule has 0 aliphatic rings. The fraction of sp³-hybridized carbons (Fsp3) is 0.133. The molecule has 0 fully saturated rings. The molecule has 2 heterocycles. The van der Waals surface area contributed by atoms with Gasteiger partial charge in [-0.3, -0.25) is 4.40 Å². The zero-order valence-corrected chi connectivity index (χ0v) is 10.9. The minimum Gasteiger partial charge on any atom is -0.475 e. The maximum absolute atomic E-state index is 11.2. The first kappa shape index (κ1) is 12.3. The van der Waals surface area contributed by atoms with E-state index in [9.17, 15) is 9.90 Å². The van der Waals surface area contributed by atoms with Crippen molar-refractivity contribution >= 4 is 11.6 Å². The Morgan fingerprint density at radius 1 is 1.30 bits per heavy atom. The Kier molecular flexibility index (Phi) is 2.95. The molecule has 3 aromatic rings. The number of benzene rings is 1. The molecule has 0 saturated carbocycles. The SMILES string of the molecule is CCc1ccc(-c2nc(C(=O)O)n3cccnc23)cc1. The third kappa shape index (κ3) is 1.93. The van der Waals surface area contributed by atoms with Crippen LogP contribution < -0.4 is 0 Å². The number of carboxylic acid groups (broad SMARTS) is 1. The second-order valence-corrected chi connectivity index (χ2v) is 4.45. The summed E-state index contributed by atoms with van der Waals surface area (Å²) in [7, 11) is 0. The van der Waals surface area contributed by atoms with Gasteiger partial charge < -0.3 is 5.11 Å². The zero-order valence-electron chi connectivity index (χ0n) is 10.9. The van der Waals surface area contributed by atoms with Crippen molar-refractivity contribution in [3.05, 3.63) is 54.1 Å². The Bertz CT molecular complexity index is 775. The summed E-state index contributed by atoms with van der Waals surface area (Å²) in [6.07, 6.45) is 4.25. The van der Waals surface area contributed by atoms with Gasteiger partial charge in [-0.2, -0.15) is 0 Å². The molecule has 5 nitrogen and oxygen atoms in total. The van der Waals surface area contributed by atoms with Crippen LogP contribution in [0.15, 0.2) is 42.7 Å². The topological polar surface area (TPSA) is 67.5 Å². The largest absolute Gasteiger partial charge is 0.475 e. The third-order valence-corrected chi connectivity index (χ3v) is 3.23. The Labute approximate surface area is 115 Å². The predicted molar refractivity (Wildman–Crippen MR) is 74.8 cm³/mol. The highest BCUT2D eigenvalue weighted by molar-refractivity contribution is 5.88. The van der Waals surface area contributed by atoms with Gasteiger partial charge in [0.25, 0.3) is 0 Å². The highest BCUT2D eigenvalue weighted by Crippen LogP contribution is 2.24. The minimum absolute atomic E-state index is 0.0253. The molecule has 0 spiro atoms. The molecule has 20 heavy (non-hydrogen) atoms. The van der Waals surface area contributed by atoms with E-state index in [4.69, 9.17) is 0 Å². The number of hydrogen-bond acceptors (Lipinski definition) is 3. The lowest BCUT2D eigenvalue weighted by atomic mass is 10.1. The molecular weight excluding hydrogens is 254 g/mol. The van der Waals surface area contributed by atoms with Crippen molar-refractivity contribution in [1.29, 1.82) is 0 Å². The normalized spacial score (nSPS) is 10.8. The van der Waals surface area contributed by atoms with Crippen LogP contribution in [0.4, 0.5) is 0 Å². The van der Waals surface area contributed by atoms with Crippen molar-refractivity contribution in [2.75, 3.05) is 0 Å². The summed E-state index contributed by atoms with van der Waals surface area (Å²) in [4.78, 5) is 19.7. The summed E-state index contributed by atoms with van der Waals surface area (Å²) in [5, 5.41) is 9.21. The van der Waals surface area contributed by atoms with Gasteiger partial charge in [0.15, 0.2) is 5.65 Å². The van der Waals surface area contributed by atoms with Crippen molar-refractivity contribution in [3.63, 3.8) is 0 Å². The molecule has 0 radical (unpaired) electrons. The van der Waals surface area contributed by atoms with Crippen molar-refractivity contribution in [1.82, 2.24) is 14.4 Å². The van der Waals surface area contributed by atoms with Gasteiger partial charge in [0, 0.05) is 18.0 Å². The number of hydrogen-bond donors (Lipinski definition) is 1. The van der Waals surface area contributed by atoms with Crippen LogP contribution in [-0.4, -0.2) is 25.4 Å². The van der Waals surface area contributed by atoms with E-state index < -0.39 is 5.97 Å². The van der Waals surface area contributed by atoms with Gasteiger partial charge in [0.2, 0.25) is 5.82 Å². The standard InChI is InChI=1S/C15H13N3O2/c1-2-10-4-6-11(7-5-10)12-13-16-8-3-9-18(13)14(17-12)15(19)20/h3-9H,2H2,1H3,(H,19,20). The van der Waals surface area contributed by atoms with Crippen LogP contribution in [0.1, 0.15) is 23.1 Å². The van der Waals surface area contributed by atoms with Crippen LogP contribution >= 0.6 is 0 Å². The van der Waals surface area contributed by atoms with Crippen LogP contribution in [0.25, 0.3) is 16.9 Å². The molecular formula is C15H13N3O2. The number of carbonyl (C=O) groups is 1. The van der Waals surface area contributed by atoms with Gasteiger partial charge in [-0.1, -0.05) is 31.2 Å². The number of aryl methyl sites for hydroxylation is 1. The average Bonchev–Trinajstić information content (AvgIpc) is 2.87. The highest BCUT2D eigenvalue weighted by atomic mass is 16.4. The van der Waals surface area contributed by atoms with E-state index in [1.807, 2.05) is 24.3 Å². The van der Waals surface area contributed by atoms with E-state index in [0.29, 0.717) is 11.3 Å². The van der Waals surface area contributed by atoms with E-state index in [1.54, 1.807) is 18.5 Å². The Hall–Kier alpha value is -2.69. The van der Waals surface area contributed by atoms with E-state index >= 15 is 0 Å². The maximum Gasteiger partial charge on any atom is 0.372 e. The maximum atomic E-state index is 11.2. The molecule has 100 valence electrons. The number of imidazole rings is 1. The molecule has 5 heteroatoms. The Morgan fingerprint density at radius 2 is 2.05 bits per heavy atom. The van der Waals surface area contributed by atoms with Gasteiger partial charge in [0.05, 0.1) is 0 Å². The van der Waals surface area contributed by atoms with Gasteiger partial charge in [-0.15, -0.1) is 0 Å². The fourth-order valence-electron chi connectivity index (χ4n) is 2.17. The summed E-state index contributed by atoms with van der Waals surface area (Å²) in [5.41, 5.74) is 3.23. The van der Waals surface area contributed by atoms with E-state index in [1.165, 1.54) is 9.96 Å². The first-order valence-corrected chi connectivity index (χ1v) is 6.36. The lowest BCUT2D eigenvalue weighted by Crippen LogP contribution is -2.03. The van der Waals surface area contributed by atoms with Crippen molar-refractivity contribution in [2.45, 2.75) is 13.3 Å². The summed E-state index contributed by atoms with van der Waals surface area (Å²) in [5.74, 6) is -1.09. The van der Waals surface area contributed by atoms with E-state index in [0.717, 1.165) is 12.0 Å². The number of aromatic nitrogens is 3. The first-order chi connectivity index (χ1) is 9.70. The van der Waals surface area contributed by atoms with E-state index in [2.05, 4.69) is 16.9 Å². The molecule has 0 atom stereocenters. The van der Waals surface area contributed by atoms with Crippen LogP contribution in [0.3, 0.4) is 0 Å². The summed E-state index contributed by atoms with van der Waals surface area (Å²) in [6, 6.07) is 9.61. The van der Waals surface area contributed by atoms with Gasteiger partial charge >= 0.3 is 5.97 Å². The molecule has 0 bridgehead atoms. The molecule has 0 aliphatic carbocycles. The van der Waals surface area contributed by atoms with E-state index in [-0.39, 0.29) is 5.82 Å². The lowest BCUT2D eigenvalue weighted by molar-refractivity contribution is 0.0683. The quantitative estimate of drug-likeness (QED) is 0.792. The summed E-state index contributed by atoms with van der Waals surface area (Å²) in [6.45, 7) is 2.09. The molecule has 3 rings (SSSR count). The van der Waals surface area contributed by atoms with Gasteiger partial charge in [-0.05, 0) is 18.1 Å². The predicted octanol–water partition coefficient (Wildman–Crippen LogP) is 2.66. The summed E-state index contributed by atoms with van der Waals surface area (Å²) < 4.78 is 1.49. The molecule has 1 aromatic carbocycles. The monoisotopic (exact) mass is 267 g/mol. The zero-order chi connectivity index (χ0) is 14.1. The van der Waals surface area contributed by atoms with Gasteiger partial charge in [0.1, 0.15) is 5.69 Å². The minimum atomic E-state index is -1.07. The molecule has 0 amide bonds. The highest BCUT2D eigenvalue weighted by Gasteiger charge is 2.17. The Balaban J connectivity index is 2.22. The molecule has 0 unspecified atom stereocenters. The van der Waals surface area contributed by atoms with Crippen LogP contribution in [-0.2, 0) is 6.42 Å². The number of carboxylic acids is 1. The van der Waals surface area contributed by atoms with Crippen LogP contribution in [0.2, 0.25) is 0 Å². The van der Waals surface area contributed by atoms with Crippen LogP contribution in [0.5, 0.6) is 0 Å². The van der Waals surface area contributed by atoms with Crippen LogP contribution in [0, 0.1) is 0 Å². The first-order valence-electron chi connectivity index (χ1n) is 6.36. The Morgan fingerprint density at radius 3 is 2.70 bits per heavy atom. The van der Waals surface area contributed by atoms with Crippen molar-refractivity contribution in [3.8, 4) is 11.3 Å². The second kappa shape index (κ2) is 4.77. The molecule has 0 aliphatic heterocycles. The average molecular weight is 267 g/mol. The summed E-state index contributed by atoms with van der Waals surface area (Å²) >= 11 is 0. The fourth-order valence-corrected chi connectivity index (χ4v) is 2.17. The van der Waals surface area contributed by atoms with Gasteiger partial charge in [-0.25, -0.2) is 14.8 Å². The number of rotatable bonds is 3. The number of nitrogens with zero attached hydrogens (tertiary/aromatic N) is 3. The second-order valence-electron chi connectivity index (χ2n) is 4.45. The number of aromatic carboxylic acids is 1. The molecule has 2 aromatic heterocycles. The lowest BCUT2D eigenvalue weighted by Gasteiger charge is -2.00. The molecule has 1 N–H and O–H groups in total. The van der Waals surface area contributed by atoms with Crippen molar-refractivity contribution < 1.29 is 9.90 Å². The third-order valence-electron chi connectivity index (χ3n) is 3.23. The smallest absolute Gasteiger partial charge is 0.372 e. The number of fused-ring (bicyclic) bond motifs is 1. The molecule has 0 saturated heterocycles.